The summed E-state index contributed by atoms with van der Waals surface area (Å²) in [5.74, 6) is 0. The first kappa shape index (κ1) is 15.4. The Kier molecular flexibility index (Phi) is 5.09. The molecule has 0 unspecified atom stereocenters. The summed E-state index contributed by atoms with van der Waals surface area (Å²) in [7, 11) is 2.28. The molecule has 1 saturated carbocycles. The lowest BCUT2D eigenvalue weighted by Crippen LogP contribution is -2.39. The first-order valence-electron chi connectivity index (χ1n) is 7.97. The van der Waals surface area contributed by atoms with Crippen molar-refractivity contribution in [3.63, 3.8) is 0 Å². The number of hydrogen-bond donors (Lipinski definition) is 1. The lowest BCUT2D eigenvalue weighted by molar-refractivity contribution is 0.131. The van der Waals surface area contributed by atoms with Gasteiger partial charge in [-0.3, -0.25) is 0 Å². The summed E-state index contributed by atoms with van der Waals surface area (Å²) in [6, 6.07) is 9.40. The van der Waals surface area contributed by atoms with E-state index in [1.807, 2.05) is 0 Å². The van der Waals surface area contributed by atoms with Gasteiger partial charge in [-0.15, -0.1) is 0 Å². The summed E-state index contributed by atoms with van der Waals surface area (Å²) >= 11 is 0. The Balaban J connectivity index is 1.71. The van der Waals surface area contributed by atoms with Crippen molar-refractivity contribution >= 4 is 5.69 Å². The molecule has 1 N–H and O–H groups in total. The quantitative estimate of drug-likeness (QED) is 0.861. The van der Waals surface area contributed by atoms with Gasteiger partial charge in [0.1, 0.15) is 0 Å². The van der Waals surface area contributed by atoms with Gasteiger partial charge in [-0.25, -0.2) is 0 Å². The number of nitrogens with one attached hydrogen (secondary N) is 1. The molecule has 0 spiro atoms. The second-order valence-electron chi connectivity index (χ2n) is 7.17. The summed E-state index contributed by atoms with van der Waals surface area (Å²) in [6.45, 7) is 9.10. The molecule has 0 atom stereocenters. The molecule has 0 saturated heterocycles. The standard InChI is InChI=1S/C18H30N2/c1-15-6-5-7-16(14-15)19-12-13-20(4)17-8-10-18(2,3)11-9-17/h5-7,14,17,19H,8-13H2,1-4H3. The van der Waals surface area contributed by atoms with Crippen LogP contribution >= 0.6 is 0 Å². The minimum absolute atomic E-state index is 0.567. The summed E-state index contributed by atoms with van der Waals surface area (Å²) in [5.41, 5.74) is 3.12. The van der Waals surface area contributed by atoms with Crippen LogP contribution < -0.4 is 5.32 Å². The van der Waals surface area contributed by atoms with Gasteiger partial charge in [0.25, 0.3) is 0 Å². The fourth-order valence-corrected chi connectivity index (χ4v) is 3.14. The monoisotopic (exact) mass is 274 g/mol. The third-order valence-electron chi connectivity index (χ3n) is 4.74. The minimum atomic E-state index is 0.567. The smallest absolute Gasteiger partial charge is 0.0343 e. The highest BCUT2D eigenvalue weighted by atomic mass is 15.1. The van der Waals surface area contributed by atoms with Gasteiger partial charge in [0.15, 0.2) is 0 Å². The predicted molar refractivity (Wildman–Crippen MR) is 88.3 cm³/mol. The van der Waals surface area contributed by atoms with E-state index in [4.69, 9.17) is 0 Å². The molecule has 1 aliphatic carbocycles. The first-order chi connectivity index (χ1) is 9.46. The lowest BCUT2D eigenvalue weighted by atomic mass is 9.75. The highest BCUT2D eigenvalue weighted by Gasteiger charge is 2.28. The minimum Gasteiger partial charge on any atom is -0.384 e. The second kappa shape index (κ2) is 6.62. The van der Waals surface area contributed by atoms with E-state index in [0.29, 0.717) is 5.41 Å². The zero-order chi connectivity index (χ0) is 14.6. The molecule has 2 rings (SSSR count). The molecule has 0 bridgehead atoms. The molecule has 0 radical (unpaired) electrons. The van der Waals surface area contributed by atoms with Crippen LogP contribution in [0.3, 0.4) is 0 Å². The fourth-order valence-electron chi connectivity index (χ4n) is 3.14. The number of rotatable bonds is 5. The Labute approximate surface area is 124 Å². The number of likely N-dealkylation sites (N-methyl/N-ethyl adjacent to an activating group) is 1. The Hall–Kier alpha value is -1.02. The van der Waals surface area contributed by atoms with E-state index in [9.17, 15) is 0 Å². The van der Waals surface area contributed by atoms with Crippen LogP contribution in [0.1, 0.15) is 45.1 Å². The van der Waals surface area contributed by atoms with Gasteiger partial charge in [-0.05, 0) is 62.8 Å². The topological polar surface area (TPSA) is 15.3 Å². The highest BCUT2D eigenvalue weighted by molar-refractivity contribution is 5.45. The van der Waals surface area contributed by atoms with Crippen molar-refractivity contribution in [3.8, 4) is 0 Å². The average Bonchev–Trinajstić information content (AvgIpc) is 2.38. The van der Waals surface area contributed by atoms with Crippen LogP contribution in [0, 0.1) is 12.3 Å². The van der Waals surface area contributed by atoms with Crippen molar-refractivity contribution in [1.29, 1.82) is 0 Å². The molecule has 0 heterocycles. The maximum atomic E-state index is 3.53. The van der Waals surface area contributed by atoms with Gasteiger partial charge in [0.2, 0.25) is 0 Å². The molecular formula is C18H30N2. The van der Waals surface area contributed by atoms with Crippen LogP contribution in [0.2, 0.25) is 0 Å². The van der Waals surface area contributed by atoms with Crippen molar-refractivity contribution in [2.45, 2.75) is 52.5 Å². The van der Waals surface area contributed by atoms with Crippen molar-refractivity contribution in [2.24, 2.45) is 5.41 Å². The molecule has 2 heteroatoms. The van der Waals surface area contributed by atoms with Crippen molar-refractivity contribution in [1.82, 2.24) is 4.90 Å². The van der Waals surface area contributed by atoms with Gasteiger partial charge in [-0.1, -0.05) is 26.0 Å². The van der Waals surface area contributed by atoms with Crippen LogP contribution in [0.5, 0.6) is 0 Å². The van der Waals surface area contributed by atoms with E-state index in [1.165, 1.54) is 36.9 Å². The number of hydrogen-bond acceptors (Lipinski definition) is 2. The first-order valence-corrected chi connectivity index (χ1v) is 7.97. The summed E-state index contributed by atoms with van der Waals surface area (Å²) in [6.07, 6.45) is 5.45. The normalized spacial score (nSPS) is 19.2. The lowest BCUT2D eigenvalue weighted by Gasteiger charge is -2.38. The van der Waals surface area contributed by atoms with Crippen LogP contribution in [0.4, 0.5) is 5.69 Å². The third-order valence-corrected chi connectivity index (χ3v) is 4.74. The van der Waals surface area contributed by atoms with E-state index in [2.05, 4.69) is 62.3 Å². The third kappa shape index (κ3) is 4.52. The van der Waals surface area contributed by atoms with Gasteiger partial charge in [-0.2, -0.15) is 0 Å². The summed E-state index contributed by atoms with van der Waals surface area (Å²) in [5, 5.41) is 3.53. The fraction of sp³-hybridized carbons (Fsp3) is 0.667. The van der Waals surface area contributed by atoms with Crippen molar-refractivity contribution in [2.75, 3.05) is 25.5 Å². The summed E-state index contributed by atoms with van der Waals surface area (Å²) < 4.78 is 0. The Bertz CT molecular complexity index is 415. The largest absolute Gasteiger partial charge is 0.384 e. The van der Waals surface area contributed by atoms with Gasteiger partial charge in [0, 0.05) is 24.8 Å². The molecule has 1 aromatic carbocycles. The molecule has 1 fully saturated rings. The van der Waals surface area contributed by atoms with E-state index in [1.54, 1.807) is 0 Å². The maximum Gasteiger partial charge on any atom is 0.0343 e. The average molecular weight is 274 g/mol. The van der Waals surface area contributed by atoms with E-state index >= 15 is 0 Å². The molecule has 20 heavy (non-hydrogen) atoms. The number of benzene rings is 1. The number of anilines is 1. The van der Waals surface area contributed by atoms with Gasteiger partial charge < -0.3 is 10.2 Å². The molecule has 0 aliphatic heterocycles. The Morgan fingerprint density at radius 3 is 2.60 bits per heavy atom. The molecule has 1 aliphatic rings. The van der Waals surface area contributed by atoms with E-state index < -0.39 is 0 Å². The van der Waals surface area contributed by atoms with E-state index in [-0.39, 0.29) is 0 Å². The molecule has 0 aromatic heterocycles. The second-order valence-corrected chi connectivity index (χ2v) is 7.17. The summed E-state index contributed by atoms with van der Waals surface area (Å²) in [4.78, 5) is 2.54. The van der Waals surface area contributed by atoms with Crippen molar-refractivity contribution < 1.29 is 0 Å². The molecular weight excluding hydrogens is 244 g/mol. The van der Waals surface area contributed by atoms with E-state index in [0.717, 1.165) is 19.1 Å². The SMILES string of the molecule is Cc1cccc(NCCN(C)C2CCC(C)(C)CC2)c1. The highest BCUT2D eigenvalue weighted by Crippen LogP contribution is 2.36. The Morgan fingerprint density at radius 1 is 1.25 bits per heavy atom. The molecule has 112 valence electrons. The zero-order valence-electron chi connectivity index (χ0n) is 13.6. The van der Waals surface area contributed by atoms with Crippen LogP contribution in [0.25, 0.3) is 0 Å². The zero-order valence-corrected chi connectivity index (χ0v) is 13.6. The van der Waals surface area contributed by atoms with Crippen LogP contribution in [-0.2, 0) is 0 Å². The van der Waals surface area contributed by atoms with Crippen molar-refractivity contribution in [3.05, 3.63) is 29.8 Å². The number of aryl methyl sites for hydroxylation is 1. The molecule has 0 amide bonds. The van der Waals surface area contributed by atoms with Gasteiger partial charge in [0.05, 0.1) is 0 Å². The van der Waals surface area contributed by atoms with Gasteiger partial charge >= 0.3 is 0 Å². The van der Waals surface area contributed by atoms with Crippen LogP contribution in [0.15, 0.2) is 24.3 Å². The predicted octanol–water partition coefficient (Wildman–Crippen LogP) is 4.31. The molecule has 1 aromatic rings. The Morgan fingerprint density at radius 2 is 1.95 bits per heavy atom. The molecule has 2 nitrogen and oxygen atoms in total. The number of nitrogens with zero attached hydrogens (tertiary/aromatic N) is 1. The van der Waals surface area contributed by atoms with Crippen LogP contribution in [-0.4, -0.2) is 31.1 Å². The maximum absolute atomic E-state index is 3.53.